The standard InChI is InChI=1S/C21H23FN2O4/c1-4-28-19-12-15(8-10-18(19)27-3)9-11-21(26)24(2)14-20(25)23-17-7-5-6-16(22)13-17/h5-13H,4,14H2,1-3H3,(H,23,25)/b11-9+. The second kappa shape index (κ2) is 10.1. The maximum Gasteiger partial charge on any atom is 0.246 e. The molecule has 2 aromatic rings. The van der Waals surface area contributed by atoms with Crippen LogP contribution in [0.1, 0.15) is 12.5 Å². The van der Waals surface area contributed by atoms with Gasteiger partial charge in [0.15, 0.2) is 11.5 Å². The second-order valence-corrected chi connectivity index (χ2v) is 5.93. The summed E-state index contributed by atoms with van der Waals surface area (Å²) in [5.41, 5.74) is 1.10. The molecule has 148 valence electrons. The van der Waals surface area contributed by atoms with Gasteiger partial charge in [0.25, 0.3) is 0 Å². The van der Waals surface area contributed by atoms with E-state index in [0.717, 1.165) is 5.56 Å². The van der Waals surface area contributed by atoms with Crippen LogP contribution in [0.2, 0.25) is 0 Å². The van der Waals surface area contributed by atoms with E-state index in [-0.39, 0.29) is 12.5 Å². The molecule has 2 rings (SSSR count). The Kier molecular flexibility index (Phi) is 7.56. The van der Waals surface area contributed by atoms with Crippen molar-refractivity contribution in [1.82, 2.24) is 4.90 Å². The fraction of sp³-hybridized carbons (Fsp3) is 0.238. The summed E-state index contributed by atoms with van der Waals surface area (Å²) in [6.07, 6.45) is 3.00. The van der Waals surface area contributed by atoms with Gasteiger partial charge in [-0.1, -0.05) is 12.1 Å². The summed E-state index contributed by atoms with van der Waals surface area (Å²) in [6.45, 7) is 2.20. The van der Waals surface area contributed by atoms with Crippen molar-refractivity contribution in [3.8, 4) is 11.5 Å². The van der Waals surface area contributed by atoms with E-state index in [1.807, 2.05) is 6.92 Å². The lowest BCUT2D eigenvalue weighted by atomic mass is 10.2. The highest BCUT2D eigenvalue weighted by molar-refractivity contribution is 5.97. The van der Waals surface area contributed by atoms with Gasteiger partial charge < -0.3 is 19.7 Å². The largest absolute Gasteiger partial charge is 0.493 e. The number of benzene rings is 2. The zero-order valence-electron chi connectivity index (χ0n) is 16.1. The number of rotatable bonds is 8. The maximum absolute atomic E-state index is 13.2. The van der Waals surface area contributed by atoms with Crippen LogP contribution in [-0.4, -0.2) is 44.0 Å². The molecule has 2 amide bonds. The van der Waals surface area contributed by atoms with E-state index in [9.17, 15) is 14.0 Å². The van der Waals surface area contributed by atoms with E-state index in [1.165, 1.54) is 36.2 Å². The molecule has 0 unspecified atom stereocenters. The lowest BCUT2D eigenvalue weighted by Gasteiger charge is -2.15. The van der Waals surface area contributed by atoms with Crippen LogP contribution in [0.3, 0.4) is 0 Å². The van der Waals surface area contributed by atoms with Crippen LogP contribution >= 0.6 is 0 Å². The Labute approximate surface area is 163 Å². The minimum atomic E-state index is -0.448. The van der Waals surface area contributed by atoms with Gasteiger partial charge in [0.05, 0.1) is 20.3 Å². The molecular formula is C21H23FN2O4. The van der Waals surface area contributed by atoms with Crippen molar-refractivity contribution >= 4 is 23.6 Å². The van der Waals surface area contributed by atoms with E-state index in [2.05, 4.69) is 5.32 Å². The van der Waals surface area contributed by atoms with Gasteiger partial charge in [0.1, 0.15) is 5.82 Å². The third kappa shape index (κ3) is 6.12. The Morgan fingerprint density at radius 1 is 1.18 bits per heavy atom. The molecule has 0 heterocycles. The third-order valence-electron chi connectivity index (χ3n) is 3.77. The predicted octanol–water partition coefficient (Wildman–Crippen LogP) is 3.34. The summed E-state index contributed by atoms with van der Waals surface area (Å²) in [4.78, 5) is 25.5. The Morgan fingerprint density at radius 2 is 1.96 bits per heavy atom. The predicted molar refractivity (Wildman–Crippen MR) is 106 cm³/mol. The van der Waals surface area contributed by atoms with Crippen molar-refractivity contribution in [2.45, 2.75) is 6.92 Å². The number of anilines is 1. The molecule has 0 aliphatic heterocycles. The van der Waals surface area contributed by atoms with Gasteiger partial charge in [-0.15, -0.1) is 0 Å². The highest BCUT2D eigenvalue weighted by Crippen LogP contribution is 2.28. The highest BCUT2D eigenvalue weighted by Gasteiger charge is 2.11. The fourth-order valence-corrected chi connectivity index (χ4v) is 2.42. The first-order valence-electron chi connectivity index (χ1n) is 8.72. The first kappa shape index (κ1) is 21.0. The van der Waals surface area contributed by atoms with Gasteiger partial charge in [-0.2, -0.15) is 0 Å². The van der Waals surface area contributed by atoms with Gasteiger partial charge in [-0.05, 0) is 48.9 Å². The van der Waals surface area contributed by atoms with Gasteiger partial charge in [0.2, 0.25) is 11.8 Å². The zero-order chi connectivity index (χ0) is 20.5. The third-order valence-corrected chi connectivity index (χ3v) is 3.77. The Hall–Kier alpha value is -3.35. The molecule has 0 saturated heterocycles. The average Bonchev–Trinajstić information content (AvgIpc) is 2.66. The smallest absolute Gasteiger partial charge is 0.246 e. The molecule has 0 aliphatic rings. The first-order valence-corrected chi connectivity index (χ1v) is 8.72. The zero-order valence-corrected chi connectivity index (χ0v) is 16.1. The molecule has 0 aliphatic carbocycles. The number of ether oxygens (including phenoxy) is 2. The number of hydrogen-bond donors (Lipinski definition) is 1. The van der Waals surface area contributed by atoms with E-state index >= 15 is 0 Å². The SMILES string of the molecule is CCOc1cc(/C=C/C(=O)N(C)CC(=O)Nc2cccc(F)c2)ccc1OC. The number of halogens is 1. The number of likely N-dealkylation sites (N-methyl/N-ethyl adjacent to an activating group) is 1. The molecular weight excluding hydrogens is 363 g/mol. The molecule has 0 spiro atoms. The molecule has 0 saturated carbocycles. The molecule has 7 heteroatoms. The first-order chi connectivity index (χ1) is 13.4. The molecule has 6 nitrogen and oxygen atoms in total. The number of methoxy groups -OCH3 is 1. The number of carbonyl (C=O) groups excluding carboxylic acids is 2. The van der Waals surface area contributed by atoms with E-state index < -0.39 is 11.7 Å². The van der Waals surface area contributed by atoms with Crippen LogP contribution in [-0.2, 0) is 9.59 Å². The summed E-state index contributed by atoms with van der Waals surface area (Å²) in [5, 5.41) is 2.55. The normalized spacial score (nSPS) is 10.6. The van der Waals surface area contributed by atoms with Crippen molar-refractivity contribution in [3.63, 3.8) is 0 Å². The number of carbonyl (C=O) groups is 2. The summed E-state index contributed by atoms with van der Waals surface area (Å²) < 4.78 is 23.9. The van der Waals surface area contributed by atoms with E-state index in [0.29, 0.717) is 23.8 Å². The van der Waals surface area contributed by atoms with Gasteiger partial charge >= 0.3 is 0 Å². The van der Waals surface area contributed by atoms with Crippen LogP contribution < -0.4 is 14.8 Å². The topological polar surface area (TPSA) is 67.9 Å². The van der Waals surface area contributed by atoms with Crippen LogP contribution in [0.15, 0.2) is 48.5 Å². The quantitative estimate of drug-likeness (QED) is 0.707. The molecule has 0 aromatic heterocycles. The van der Waals surface area contributed by atoms with E-state index in [4.69, 9.17) is 9.47 Å². The summed E-state index contributed by atoms with van der Waals surface area (Å²) in [7, 11) is 3.07. The molecule has 2 aromatic carbocycles. The Balaban J connectivity index is 1.95. The Bertz CT molecular complexity index is 867. The molecule has 0 atom stereocenters. The molecule has 1 N–H and O–H groups in total. The average molecular weight is 386 g/mol. The number of amides is 2. The molecule has 0 fully saturated rings. The molecule has 0 bridgehead atoms. The van der Waals surface area contributed by atoms with Gasteiger partial charge in [-0.3, -0.25) is 9.59 Å². The van der Waals surface area contributed by atoms with Crippen molar-refractivity contribution < 1.29 is 23.5 Å². The lowest BCUT2D eigenvalue weighted by molar-refractivity contribution is -0.129. The second-order valence-electron chi connectivity index (χ2n) is 5.93. The van der Waals surface area contributed by atoms with Crippen LogP contribution in [0.5, 0.6) is 11.5 Å². The van der Waals surface area contributed by atoms with Crippen LogP contribution in [0.4, 0.5) is 10.1 Å². The summed E-state index contributed by atoms with van der Waals surface area (Å²) >= 11 is 0. The maximum atomic E-state index is 13.2. The number of hydrogen-bond acceptors (Lipinski definition) is 4. The van der Waals surface area contributed by atoms with Crippen molar-refractivity contribution in [2.24, 2.45) is 0 Å². The van der Waals surface area contributed by atoms with E-state index in [1.54, 1.807) is 37.5 Å². The lowest BCUT2D eigenvalue weighted by Crippen LogP contribution is -2.33. The van der Waals surface area contributed by atoms with Crippen LogP contribution in [0, 0.1) is 5.82 Å². The van der Waals surface area contributed by atoms with Gasteiger partial charge in [-0.25, -0.2) is 4.39 Å². The van der Waals surface area contributed by atoms with Crippen molar-refractivity contribution in [2.75, 3.05) is 32.6 Å². The number of nitrogens with zero attached hydrogens (tertiary/aromatic N) is 1. The van der Waals surface area contributed by atoms with Gasteiger partial charge in [0, 0.05) is 18.8 Å². The monoisotopic (exact) mass is 386 g/mol. The summed E-state index contributed by atoms with van der Waals surface area (Å²) in [5.74, 6) is -0.0175. The Morgan fingerprint density at radius 3 is 2.64 bits per heavy atom. The fourth-order valence-electron chi connectivity index (χ4n) is 2.42. The van der Waals surface area contributed by atoms with Crippen LogP contribution in [0.25, 0.3) is 6.08 Å². The summed E-state index contributed by atoms with van der Waals surface area (Å²) in [6, 6.07) is 10.9. The molecule has 0 radical (unpaired) electrons. The van der Waals surface area contributed by atoms with Crippen molar-refractivity contribution in [1.29, 1.82) is 0 Å². The number of nitrogens with one attached hydrogen (secondary N) is 1. The highest BCUT2D eigenvalue weighted by atomic mass is 19.1. The molecule has 28 heavy (non-hydrogen) atoms. The minimum Gasteiger partial charge on any atom is -0.493 e. The van der Waals surface area contributed by atoms with Crippen molar-refractivity contribution in [3.05, 3.63) is 59.9 Å². The minimum absolute atomic E-state index is 0.160.